The van der Waals surface area contributed by atoms with Crippen molar-refractivity contribution in [2.75, 3.05) is 19.7 Å². The molecule has 1 fully saturated rings. The Morgan fingerprint density at radius 2 is 1.82 bits per heavy atom. The molecule has 12 heteroatoms. The lowest BCUT2D eigenvalue weighted by Crippen LogP contribution is -2.36. The number of piperidine rings is 1. The molecule has 8 nitrogen and oxygen atoms in total. The topological polar surface area (TPSA) is 97.6 Å². The molecule has 1 aliphatic rings. The molecule has 0 aliphatic carbocycles. The number of thiophene rings is 1. The molecule has 0 spiro atoms. The van der Waals surface area contributed by atoms with Gasteiger partial charge < -0.3 is 14.7 Å². The lowest BCUT2D eigenvalue weighted by Gasteiger charge is -2.30. The number of carbonyl (C=O) groups is 2. The summed E-state index contributed by atoms with van der Waals surface area (Å²) >= 11 is 1.48. The number of carbonyl (C=O) groups excluding carboxylic acids is 1. The predicted octanol–water partition coefficient (Wildman–Crippen LogP) is 7.84. The summed E-state index contributed by atoms with van der Waals surface area (Å²) in [5.74, 6) is -0.866. The Morgan fingerprint density at radius 1 is 1.09 bits per heavy atom. The monoisotopic (exact) mass is 624 g/mol. The Balaban J connectivity index is 1.41. The number of aromatic nitrogens is 3. The average molecular weight is 625 g/mol. The molecule has 0 radical (unpaired) electrons. The first-order valence-corrected chi connectivity index (χ1v) is 14.9. The molecule has 0 saturated carbocycles. The van der Waals surface area contributed by atoms with E-state index in [4.69, 9.17) is 4.74 Å². The molecule has 0 unspecified atom stereocenters. The minimum absolute atomic E-state index is 0.0687. The van der Waals surface area contributed by atoms with Crippen molar-refractivity contribution >= 4 is 35.6 Å². The number of carboxylic acid groups (broad SMARTS) is 1. The third kappa shape index (κ3) is 6.54. The molecule has 4 aromatic rings. The minimum Gasteiger partial charge on any atom is -0.465 e. The van der Waals surface area contributed by atoms with E-state index >= 15 is 0 Å². The van der Waals surface area contributed by atoms with Gasteiger partial charge in [0.1, 0.15) is 5.56 Å². The zero-order chi connectivity index (χ0) is 31.6. The average Bonchev–Trinajstić information content (AvgIpc) is 3.61. The van der Waals surface area contributed by atoms with E-state index in [0.717, 1.165) is 45.5 Å². The largest absolute Gasteiger partial charge is 0.465 e. The van der Waals surface area contributed by atoms with Crippen molar-refractivity contribution in [2.24, 2.45) is 0 Å². The van der Waals surface area contributed by atoms with Crippen molar-refractivity contribution in [1.29, 1.82) is 0 Å². The van der Waals surface area contributed by atoms with Crippen LogP contribution in [0.25, 0.3) is 28.5 Å². The van der Waals surface area contributed by atoms with Gasteiger partial charge in [-0.05, 0) is 80.0 Å². The van der Waals surface area contributed by atoms with Crippen molar-refractivity contribution < 1.29 is 32.6 Å². The van der Waals surface area contributed by atoms with E-state index in [1.165, 1.54) is 34.8 Å². The summed E-state index contributed by atoms with van der Waals surface area (Å²) < 4.78 is 47.6. The van der Waals surface area contributed by atoms with Gasteiger partial charge >= 0.3 is 18.2 Å². The van der Waals surface area contributed by atoms with Crippen LogP contribution in [0.4, 0.5) is 18.0 Å². The van der Waals surface area contributed by atoms with Crippen LogP contribution in [-0.4, -0.2) is 56.5 Å². The van der Waals surface area contributed by atoms with E-state index in [1.54, 1.807) is 12.1 Å². The number of benzene rings is 1. The Morgan fingerprint density at radius 3 is 2.48 bits per heavy atom. The smallest absolute Gasteiger partial charge is 0.434 e. The number of esters is 1. The van der Waals surface area contributed by atoms with Gasteiger partial charge in [0, 0.05) is 18.0 Å². The van der Waals surface area contributed by atoms with Crippen LogP contribution in [0.5, 0.6) is 0 Å². The summed E-state index contributed by atoms with van der Waals surface area (Å²) in [6.45, 7) is 6.49. The number of halogens is 3. The molecule has 1 N–H and O–H groups in total. The van der Waals surface area contributed by atoms with E-state index in [1.807, 2.05) is 32.1 Å². The van der Waals surface area contributed by atoms with E-state index in [2.05, 4.69) is 28.3 Å². The molecule has 0 bridgehead atoms. The number of ether oxygens (including phenoxy) is 1. The summed E-state index contributed by atoms with van der Waals surface area (Å²) in [4.78, 5) is 31.2. The number of rotatable bonds is 7. The lowest BCUT2D eigenvalue weighted by atomic mass is 9.88. The SMILES string of the molecule is CCOC(=O)c1cnn(-c2cccc(-c3sc(C)cc3/C=C\c3ccc(C4CCN(C(=O)O)CC4)cc3C)n2)c1C(F)(F)F. The molecular formula is C32H31F3N4O4S. The van der Waals surface area contributed by atoms with Crippen LogP contribution >= 0.6 is 11.3 Å². The van der Waals surface area contributed by atoms with Gasteiger partial charge in [-0.1, -0.05) is 36.4 Å². The predicted molar refractivity (Wildman–Crippen MR) is 162 cm³/mol. The van der Waals surface area contributed by atoms with Gasteiger partial charge in [0.25, 0.3) is 0 Å². The number of likely N-dealkylation sites (tertiary alicyclic amines) is 1. The zero-order valence-corrected chi connectivity index (χ0v) is 25.2. The molecule has 4 heterocycles. The number of hydrogen-bond acceptors (Lipinski definition) is 6. The van der Waals surface area contributed by atoms with Crippen molar-refractivity contribution in [3.8, 4) is 16.4 Å². The fraction of sp³-hybridized carbons (Fsp3) is 0.312. The number of aryl methyl sites for hydroxylation is 2. The van der Waals surface area contributed by atoms with Crippen LogP contribution in [0.15, 0.2) is 48.7 Å². The lowest BCUT2D eigenvalue weighted by molar-refractivity contribution is -0.143. The fourth-order valence-corrected chi connectivity index (χ4v) is 6.37. The Hall–Kier alpha value is -4.45. The first kappa shape index (κ1) is 31.0. The van der Waals surface area contributed by atoms with Crippen molar-refractivity contribution in [3.63, 3.8) is 0 Å². The number of amides is 1. The molecule has 230 valence electrons. The third-order valence-corrected chi connectivity index (χ3v) is 8.66. The number of hydrogen-bond donors (Lipinski definition) is 1. The van der Waals surface area contributed by atoms with Crippen LogP contribution < -0.4 is 0 Å². The summed E-state index contributed by atoms with van der Waals surface area (Å²) in [6, 6.07) is 13.0. The summed E-state index contributed by atoms with van der Waals surface area (Å²) in [5.41, 5.74) is 2.73. The molecule has 44 heavy (non-hydrogen) atoms. The van der Waals surface area contributed by atoms with Gasteiger partial charge in [-0.15, -0.1) is 11.3 Å². The maximum absolute atomic E-state index is 14.1. The first-order chi connectivity index (χ1) is 21.0. The van der Waals surface area contributed by atoms with E-state index in [9.17, 15) is 27.9 Å². The van der Waals surface area contributed by atoms with Gasteiger partial charge in [-0.25, -0.2) is 19.3 Å². The van der Waals surface area contributed by atoms with Crippen LogP contribution in [-0.2, 0) is 10.9 Å². The second-order valence-electron chi connectivity index (χ2n) is 10.6. The normalized spacial score (nSPS) is 14.4. The second-order valence-corrected chi connectivity index (χ2v) is 11.8. The number of nitrogens with zero attached hydrogens (tertiary/aromatic N) is 4. The summed E-state index contributed by atoms with van der Waals surface area (Å²) in [6.07, 6.45) is 0.657. The molecule has 0 atom stereocenters. The van der Waals surface area contributed by atoms with Gasteiger partial charge in [0.15, 0.2) is 11.5 Å². The van der Waals surface area contributed by atoms with Crippen LogP contribution in [0.1, 0.15) is 68.9 Å². The van der Waals surface area contributed by atoms with Gasteiger partial charge in [-0.2, -0.15) is 18.3 Å². The molecule has 3 aromatic heterocycles. The van der Waals surface area contributed by atoms with Gasteiger partial charge in [0.2, 0.25) is 0 Å². The Kier molecular flexibility index (Phi) is 8.91. The molecule has 1 amide bonds. The van der Waals surface area contributed by atoms with Gasteiger partial charge in [0.05, 0.1) is 23.4 Å². The fourth-order valence-electron chi connectivity index (χ4n) is 5.40. The van der Waals surface area contributed by atoms with Crippen molar-refractivity contribution in [3.05, 3.63) is 87.0 Å². The van der Waals surface area contributed by atoms with Gasteiger partial charge in [-0.3, -0.25) is 0 Å². The standard InChI is InChI=1S/C32H31F3N4O4S/c1-4-43-30(40)25-18-36-39(29(25)32(33,34)35)27-7-5-6-26(37-27)28-24(17-20(3)44-28)11-9-21-8-10-23(16-19(21)2)22-12-14-38(15-13-22)31(41)42/h5-11,16-18,22H,4,12-15H2,1-3H3,(H,41,42)/b11-9-. The first-order valence-electron chi connectivity index (χ1n) is 14.1. The highest BCUT2D eigenvalue weighted by molar-refractivity contribution is 7.15. The van der Waals surface area contributed by atoms with Crippen LogP contribution in [0.3, 0.4) is 0 Å². The van der Waals surface area contributed by atoms with E-state index in [-0.39, 0.29) is 12.4 Å². The Labute approximate surface area is 256 Å². The van der Waals surface area contributed by atoms with E-state index < -0.39 is 29.5 Å². The quantitative estimate of drug-likeness (QED) is 0.211. The van der Waals surface area contributed by atoms with Crippen LogP contribution in [0, 0.1) is 13.8 Å². The summed E-state index contributed by atoms with van der Waals surface area (Å²) in [7, 11) is 0. The highest BCUT2D eigenvalue weighted by Gasteiger charge is 2.41. The highest BCUT2D eigenvalue weighted by atomic mass is 32.1. The number of alkyl halides is 3. The third-order valence-electron chi connectivity index (χ3n) is 7.57. The molecule has 1 aliphatic heterocycles. The van der Waals surface area contributed by atoms with Crippen LogP contribution in [0.2, 0.25) is 0 Å². The highest BCUT2D eigenvalue weighted by Crippen LogP contribution is 2.36. The number of pyridine rings is 1. The molecule has 1 saturated heterocycles. The molecule has 1 aromatic carbocycles. The second kappa shape index (κ2) is 12.7. The zero-order valence-electron chi connectivity index (χ0n) is 24.4. The summed E-state index contributed by atoms with van der Waals surface area (Å²) in [5, 5.41) is 13.1. The maximum atomic E-state index is 14.1. The van der Waals surface area contributed by atoms with Crippen molar-refractivity contribution in [1.82, 2.24) is 19.7 Å². The van der Waals surface area contributed by atoms with E-state index in [0.29, 0.717) is 29.4 Å². The maximum Gasteiger partial charge on any atom is 0.434 e. The molecular weight excluding hydrogens is 593 g/mol. The van der Waals surface area contributed by atoms with Crippen molar-refractivity contribution in [2.45, 2.75) is 45.7 Å². The minimum atomic E-state index is -4.87. The Bertz CT molecular complexity index is 1720. The molecule has 5 rings (SSSR count).